The van der Waals surface area contributed by atoms with Crippen molar-refractivity contribution in [3.8, 4) is 16.9 Å². The van der Waals surface area contributed by atoms with Gasteiger partial charge in [0.2, 0.25) is 16.6 Å². The molecule has 3 heterocycles. The Morgan fingerprint density at radius 2 is 1.90 bits per heavy atom. The van der Waals surface area contributed by atoms with Crippen LogP contribution in [0.4, 0.5) is 5.13 Å². The number of carboxylic acids is 1. The first kappa shape index (κ1) is 37.2. The fraction of sp³-hybridized carbons (Fsp3) is 0.429. The molecule has 4 rings (SSSR count). The molecule has 0 radical (unpaired) electrons. The van der Waals surface area contributed by atoms with Crippen molar-refractivity contribution in [2.45, 2.75) is 57.5 Å². The van der Waals surface area contributed by atoms with Crippen molar-refractivity contribution >= 4 is 50.4 Å². The summed E-state index contributed by atoms with van der Waals surface area (Å²) in [6, 6.07) is 5.61. The van der Waals surface area contributed by atoms with Crippen LogP contribution in [0.3, 0.4) is 0 Å². The third-order valence-electron chi connectivity index (χ3n) is 7.32. The number of amides is 2. The zero-order chi connectivity index (χ0) is 35.9. The van der Waals surface area contributed by atoms with E-state index < -0.39 is 58.2 Å². The monoisotopic (exact) mass is 723 g/mol. The van der Waals surface area contributed by atoms with Crippen LogP contribution in [0.25, 0.3) is 11.1 Å². The molecule has 0 bridgehead atoms. The number of ether oxygens (including phenoxy) is 1. The lowest BCUT2D eigenvalue weighted by molar-refractivity contribution is -0.775. The highest BCUT2D eigenvalue weighted by molar-refractivity contribution is 7.80. The number of hydrogen-bond donors (Lipinski definition) is 5. The summed E-state index contributed by atoms with van der Waals surface area (Å²) < 4.78 is 47.0. The zero-order valence-corrected chi connectivity index (χ0v) is 28.2. The van der Waals surface area contributed by atoms with E-state index in [0.29, 0.717) is 23.9 Å². The Morgan fingerprint density at radius 3 is 2.47 bits per heavy atom. The van der Waals surface area contributed by atoms with Crippen LogP contribution in [-0.4, -0.2) is 93.7 Å². The molecule has 2 atom stereocenters. The molecule has 19 nitrogen and oxygen atoms in total. The molecule has 49 heavy (non-hydrogen) atoms. The number of thiazole rings is 1. The van der Waals surface area contributed by atoms with E-state index in [2.05, 4.69) is 29.1 Å². The molecule has 1 unspecified atom stereocenters. The van der Waals surface area contributed by atoms with Gasteiger partial charge in [0.15, 0.2) is 17.4 Å². The maximum absolute atomic E-state index is 13.2. The third kappa shape index (κ3) is 9.28. The average molecular weight is 724 g/mol. The summed E-state index contributed by atoms with van der Waals surface area (Å²) >= 11 is 0.952. The minimum atomic E-state index is -5.27. The fourth-order valence-corrected chi connectivity index (χ4v) is 5.74. The SMILES string of the molecule is CC1(C)C(NC(=O)/C(=N\O[C@@H](COc2ccc(-c3cn(CCCN)[n+](CCCN)c3)cc2)C(=O)O)c2csc(N)n2)C(=O)N1OS(=O)(=O)[O-]. The predicted molar refractivity (Wildman–Crippen MR) is 172 cm³/mol. The number of nitrogen functional groups attached to an aromatic ring is 1. The molecular weight excluding hydrogens is 686 g/mol. The third-order valence-corrected chi connectivity index (χ3v) is 8.33. The summed E-state index contributed by atoms with van der Waals surface area (Å²) in [5, 5.41) is 17.6. The second-order valence-electron chi connectivity index (χ2n) is 11.3. The van der Waals surface area contributed by atoms with Crippen LogP contribution in [-0.2, 0) is 47.0 Å². The number of hydroxylamine groups is 2. The van der Waals surface area contributed by atoms with Crippen LogP contribution in [0.1, 0.15) is 32.4 Å². The normalized spacial score (nSPS) is 16.6. The Labute approximate surface area is 285 Å². The van der Waals surface area contributed by atoms with Gasteiger partial charge < -0.3 is 41.8 Å². The number of hydrogen-bond acceptors (Lipinski definition) is 15. The summed E-state index contributed by atoms with van der Waals surface area (Å²) in [5.41, 5.74) is 16.8. The number of oxime groups is 1. The lowest BCUT2D eigenvalue weighted by Crippen LogP contribution is -2.76. The second kappa shape index (κ2) is 15.7. The van der Waals surface area contributed by atoms with E-state index in [4.69, 9.17) is 26.8 Å². The van der Waals surface area contributed by atoms with E-state index in [0.717, 1.165) is 48.4 Å². The largest absolute Gasteiger partial charge is 0.724 e. The first-order valence-corrected chi connectivity index (χ1v) is 17.1. The smallest absolute Gasteiger partial charge is 0.351 e. The molecule has 1 aromatic carbocycles. The number of carbonyl (C=O) groups is 3. The molecule has 0 saturated carbocycles. The Kier molecular flexibility index (Phi) is 11.9. The highest BCUT2D eigenvalue weighted by atomic mass is 32.3. The Morgan fingerprint density at radius 1 is 1.20 bits per heavy atom. The molecule has 1 aliphatic rings. The van der Waals surface area contributed by atoms with Gasteiger partial charge in [-0.15, -0.1) is 16.0 Å². The molecule has 2 amide bonds. The fourth-order valence-electron chi connectivity index (χ4n) is 4.74. The highest BCUT2D eigenvalue weighted by Gasteiger charge is 2.57. The number of β-lactam (4-membered cyclic amide) rings is 1. The van der Waals surface area contributed by atoms with E-state index in [1.165, 1.54) is 19.2 Å². The van der Waals surface area contributed by atoms with Crippen molar-refractivity contribution in [2.24, 2.45) is 16.6 Å². The van der Waals surface area contributed by atoms with Gasteiger partial charge in [0.05, 0.1) is 23.8 Å². The first-order chi connectivity index (χ1) is 23.1. The molecular formula is C28H37N9O10S2. The van der Waals surface area contributed by atoms with Crippen molar-refractivity contribution in [1.29, 1.82) is 0 Å². The first-order valence-electron chi connectivity index (χ1n) is 14.9. The molecule has 0 aliphatic carbocycles. The van der Waals surface area contributed by atoms with Gasteiger partial charge in [-0.1, -0.05) is 17.3 Å². The van der Waals surface area contributed by atoms with Gasteiger partial charge in [0.1, 0.15) is 24.1 Å². The Bertz CT molecular complexity index is 1770. The van der Waals surface area contributed by atoms with Crippen LogP contribution in [0, 0.1) is 0 Å². The van der Waals surface area contributed by atoms with E-state index in [-0.39, 0.29) is 10.8 Å². The average Bonchev–Trinajstić information content (AvgIpc) is 3.67. The topological polar surface area (TPSA) is 284 Å². The van der Waals surface area contributed by atoms with E-state index >= 15 is 0 Å². The number of rotatable bonds is 18. The molecule has 8 N–H and O–H groups in total. The number of carboxylic acid groups (broad SMARTS) is 1. The molecule has 3 aromatic rings. The number of nitrogens with one attached hydrogen (secondary N) is 1. The Balaban J connectivity index is 1.45. The van der Waals surface area contributed by atoms with Gasteiger partial charge in [-0.2, -0.15) is 14.0 Å². The van der Waals surface area contributed by atoms with Crippen molar-refractivity contribution in [2.75, 3.05) is 25.4 Å². The van der Waals surface area contributed by atoms with E-state index in [1.54, 1.807) is 12.1 Å². The van der Waals surface area contributed by atoms with Crippen molar-refractivity contribution in [3.63, 3.8) is 0 Å². The molecule has 1 fully saturated rings. The number of benzene rings is 1. The lowest BCUT2D eigenvalue weighted by atomic mass is 9.84. The standard InChI is InChI=1S/C28H37N9O10S2/c1-28(2)23(25(39)37(28)47-49(42,43)44)33-24(38)22(20-16-48-27(31)32-20)34-46-21(26(40)41)15-45-19-7-5-17(6-8-19)18-13-35(11-3-9-29)36(14-18)12-4-10-30/h5-8,13-14,16,21,23H,3-4,9-12,15,29-30H2,1-2H3,(H4-,31,32,33,38,40,41,42,43,44)/b34-22-/t21-,23?/m0/s1. The van der Waals surface area contributed by atoms with E-state index in [9.17, 15) is 32.5 Å². The zero-order valence-electron chi connectivity index (χ0n) is 26.6. The summed E-state index contributed by atoms with van der Waals surface area (Å²) in [4.78, 5) is 46.9. The van der Waals surface area contributed by atoms with Crippen molar-refractivity contribution in [1.82, 2.24) is 20.0 Å². The van der Waals surface area contributed by atoms with Crippen molar-refractivity contribution < 1.29 is 51.0 Å². The second-order valence-corrected chi connectivity index (χ2v) is 13.1. The predicted octanol–water partition coefficient (Wildman–Crippen LogP) is -1.07. The number of aliphatic carboxylic acids is 1. The Hall–Kier alpha value is -4.67. The van der Waals surface area contributed by atoms with Gasteiger partial charge in [-0.25, -0.2) is 18.2 Å². The molecule has 21 heteroatoms. The molecule has 1 saturated heterocycles. The van der Waals surface area contributed by atoms with Gasteiger partial charge >= 0.3 is 5.97 Å². The van der Waals surface area contributed by atoms with Crippen LogP contribution in [0.5, 0.6) is 5.75 Å². The summed E-state index contributed by atoms with van der Waals surface area (Å²) in [7, 11) is -5.27. The maximum Gasteiger partial charge on any atom is 0.351 e. The van der Waals surface area contributed by atoms with Crippen LogP contribution >= 0.6 is 11.3 Å². The molecule has 1 aliphatic heterocycles. The van der Waals surface area contributed by atoms with Crippen LogP contribution < -0.4 is 31.9 Å². The minimum absolute atomic E-state index is 0.0508. The number of carbonyl (C=O) groups excluding carboxylic acids is 2. The minimum Gasteiger partial charge on any atom is -0.724 e. The summed E-state index contributed by atoms with van der Waals surface area (Å²) in [6.07, 6.45) is 3.97. The van der Waals surface area contributed by atoms with E-state index in [1.807, 2.05) is 24.5 Å². The summed E-state index contributed by atoms with van der Waals surface area (Å²) in [6.45, 7) is 4.78. The highest BCUT2D eigenvalue weighted by Crippen LogP contribution is 2.33. The maximum atomic E-state index is 13.2. The number of nitrogens with two attached hydrogens (primary N) is 3. The van der Waals surface area contributed by atoms with Gasteiger partial charge in [0.25, 0.3) is 17.9 Å². The number of anilines is 1. The molecule has 2 aromatic heterocycles. The summed E-state index contributed by atoms with van der Waals surface area (Å²) in [5.74, 6) is -3.19. The van der Waals surface area contributed by atoms with Gasteiger partial charge in [-0.3, -0.25) is 9.59 Å². The molecule has 266 valence electrons. The molecule has 0 spiro atoms. The number of aromatic nitrogens is 3. The van der Waals surface area contributed by atoms with Crippen LogP contribution in [0.15, 0.2) is 47.2 Å². The van der Waals surface area contributed by atoms with Crippen LogP contribution in [0.2, 0.25) is 0 Å². The van der Waals surface area contributed by atoms with Gasteiger partial charge in [-0.05, 0) is 51.1 Å². The number of aryl methyl sites for hydroxylation is 2. The van der Waals surface area contributed by atoms with Crippen molar-refractivity contribution in [3.05, 3.63) is 47.7 Å². The quantitative estimate of drug-likeness (QED) is 0.0261. The lowest BCUT2D eigenvalue weighted by Gasteiger charge is -2.51. The number of nitrogens with zero attached hydrogens (tertiary/aromatic N) is 5. The van der Waals surface area contributed by atoms with Gasteiger partial charge in [0, 0.05) is 11.8 Å².